The van der Waals surface area contributed by atoms with Crippen LogP contribution in [0.15, 0.2) is 6.33 Å². The van der Waals surface area contributed by atoms with Crippen molar-refractivity contribution in [1.82, 2.24) is 14.8 Å². The Labute approximate surface area is 48.4 Å². The van der Waals surface area contributed by atoms with Crippen molar-refractivity contribution in [3.63, 3.8) is 0 Å². The van der Waals surface area contributed by atoms with Gasteiger partial charge in [-0.3, -0.25) is 4.68 Å². The third-order valence-corrected chi connectivity index (χ3v) is 0.871. The summed E-state index contributed by atoms with van der Waals surface area (Å²) >= 11 is 0. The molecule has 0 bridgehead atoms. The topological polar surface area (TPSA) is 30.7 Å². The van der Waals surface area contributed by atoms with Crippen LogP contribution in [0.3, 0.4) is 0 Å². The average molecular weight is 110 g/mol. The summed E-state index contributed by atoms with van der Waals surface area (Å²) in [7, 11) is 1.84. The normalized spacial score (nSPS) is 9.75. The molecule has 0 amide bonds. The Hall–Kier alpha value is -0.860. The van der Waals surface area contributed by atoms with Crippen LogP contribution in [-0.4, -0.2) is 14.8 Å². The highest BCUT2D eigenvalue weighted by molar-refractivity contribution is 4.81. The Morgan fingerprint density at radius 3 is 2.88 bits per heavy atom. The van der Waals surface area contributed by atoms with Crippen molar-refractivity contribution in [3.05, 3.63) is 19.1 Å². The van der Waals surface area contributed by atoms with E-state index in [1.165, 1.54) is 0 Å². The maximum atomic E-state index is 3.97. The molecule has 0 aromatic carbocycles. The molecule has 0 spiro atoms. The highest BCUT2D eigenvalue weighted by Crippen LogP contribution is 1.85. The molecule has 0 unspecified atom stereocenters. The number of hydrogen-bond donors (Lipinski definition) is 0. The molecule has 8 heavy (non-hydrogen) atoms. The lowest BCUT2D eigenvalue weighted by atomic mass is 10.5. The Balaban J connectivity index is 2.84. The molecule has 3 nitrogen and oxygen atoms in total. The Bertz CT molecular complexity index is 168. The molecule has 0 atom stereocenters. The first-order valence-corrected chi connectivity index (χ1v) is 2.46. The molecule has 0 aliphatic carbocycles. The van der Waals surface area contributed by atoms with Crippen LogP contribution >= 0.6 is 0 Å². The van der Waals surface area contributed by atoms with E-state index in [4.69, 9.17) is 0 Å². The van der Waals surface area contributed by atoms with Gasteiger partial charge in [-0.1, -0.05) is 0 Å². The van der Waals surface area contributed by atoms with Gasteiger partial charge in [0.25, 0.3) is 0 Å². The van der Waals surface area contributed by atoms with E-state index < -0.39 is 0 Å². The van der Waals surface area contributed by atoms with Crippen molar-refractivity contribution in [2.24, 2.45) is 7.05 Å². The number of aryl methyl sites for hydroxylation is 1. The van der Waals surface area contributed by atoms with Crippen molar-refractivity contribution >= 4 is 0 Å². The van der Waals surface area contributed by atoms with E-state index in [0.717, 1.165) is 5.82 Å². The number of rotatable bonds is 1. The van der Waals surface area contributed by atoms with Gasteiger partial charge in [0.05, 0.1) is 0 Å². The van der Waals surface area contributed by atoms with E-state index in [2.05, 4.69) is 17.0 Å². The van der Waals surface area contributed by atoms with Crippen molar-refractivity contribution < 1.29 is 0 Å². The molecule has 1 aromatic rings. The van der Waals surface area contributed by atoms with Gasteiger partial charge >= 0.3 is 0 Å². The van der Waals surface area contributed by atoms with Crippen molar-refractivity contribution in [3.8, 4) is 0 Å². The van der Waals surface area contributed by atoms with Crippen LogP contribution in [0.2, 0.25) is 0 Å². The molecule has 1 heterocycles. The van der Waals surface area contributed by atoms with Gasteiger partial charge in [0.15, 0.2) is 5.82 Å². The molecule has 0 fully saturated rings. The Morgan fingerprint density at radius 2 is 2.62 bits per heavy atom. The predicted octanol–water partition coefficient (Wildman–Crippen LogP) is 0.192. The standard InChI is InChI=1S/C5H8N3/c1-3-5-6-4-8(2)7-5/h4H,1,3H2,2H3. The first-order chi connectivity index (χ1) is 3.83. The second-order valence-electron chi connectivity index (χ2n) is 1.58. The second kappa shape index (κ2) is 1.94. The number of aromatic nitrogens is 3. The van der Waals surface area contributed by atoms with E-state index >= 15 is 0 Å². The van der Waals surface area contributed by atoms with E-state index in [1.807, 2.05) is 7.05 Å². The molecule has 0 saturated heterocycles. The van der Waals surface area contributed by atoms with Gasteiger partial charge in [-0.15, -0.1) is 0 Å². The van der Waals surface area contributed by atoms with Gasteiger partial charge in [0, 0.05) is 13.5 Å². The SMILES string of the molecule is [CH2]Cc1ncn(C)n1. The summed E-state index contributed by atoms with van der Waals surface area (Å²) in [4.78, 5) is 3.92. The molecule has 1 aromatic heterocycles. The summed E-state index contributed by atoms with van der Waals surface area (Å²) < 4.78 is 1.67. The van der Waals surface area contributed by atoms with Crippen molar-refractivity contribution in [1.29, 1.82) is 0 Å². The van der Waals surface area contributed by atoms with Gasteiger partial charge in [-0.2, -0.15) is 5.10 Å². The number of hydrogen-bond acceptors (Lipinski definition) is 2. The summed E-state index contributed by atoms with van der Waals surface area (Å²) in [6, 6.07) is 0. The molecule has 43 valence electrons. The van der Waals surface area contributed by atoms with Gasteiger partial charge < -0.3 is 0 Å². The minimum absolute atomic E-state index is 0.668. The molecule has 1 radical (unpaired) electrons. The minimum Gasteiger partial charge on any atom is -0.256 e. The molecular formula is C5H8N3. The quantitative estimate of drug-likeness (QED) is 0.516. The maximum absolute atomic E-state index is 3.97. The Morgan fingerprint density at radius 1 is 1.88 bits per heavy atom. The predicted molar refractivity (Wildman–Crippen MR) is 30.1 cm³/mol. The van der Waals surface area contributed by atoms with Crippen LogP contribution in [0.5, 0.6) is 0 Å². The molecular weight excluding hydrogens is 102 g/mol. The summed E-state index contributed by atoms with van der Waals surface area (Å²) in [5.74, 6) is 0.799. The van der Waals surface area contributed by atoms with Gasteiger partial charge in [-0.25, -0.2) is 4.98 Å². The van der Waals surface area contributed by atoms with Crippen LogP contribution in [0.1, 0.15) is 5.82 Å². The summed E-state index contributed by atoms with van der Waals surface area (Å²) in [5, 5.41) is 3.97. The van der Waals surface area contributed by atoms with Gasteiger partial charge in [-0.05, 0) is 6.92 Å². The van der Waals surface area contributed by atoms with Crippen LogP contribution < -0.4 is 0 Å². The van der Waals surface area contributed by atoms with E-state index in [1.54, 1.807) is 11.0 Å². The van der Waals surface area contributed by atoms with Crippen LogP contribution in [0, 0.1) is 6.92 Å². The van der Waals surface area contributed by atoms with E-state index in [9.17, 15) is 0 Å². The van der Waals surface area contributed by atoms with E-state index in [0.29, 0.717) is 6.42 Å². The fourth-order valence-corrected chi connectivity index (χ4v) is 0.498. The van der Waals surface area contributed by atoms with Crippen molar-refractivity contribution in [2.75, 3.05) is 0 Å². The molecule has 1 rings (SSSR count). The highest BCUT2D eigenvalue weighted by Gasteiger charge is 1.90. The van der Waals surface area contributed by atoms with Crippen LogP contribution in [0.4, 0.5) is 0 Å². The first-order valence-electron chi connectivity index (χ1n) is 2.46. The molecule has 3 heteroatoms. The van der Waals surface area contributed by atoms with E-state index in [-0.39, 0.29) is 0 Å². The zero-order valence-electron chi connectivity index (χ0n) is 4.83. The molecule has 0 aliphatic heterocycles. The lowest BCUT2D eigenvalue weighted by Crippen LogP contribution is -1.88. The first kappa shape index (κ1) is 5.28. The minimum atomic E-state index is 0.668. The molecule has 0 N–H and O–H groups in total. The average Bonchev–Trinajstić information content (AvgIpc) is 2.14. The maximum Gasteiger partial charge on any atom is 0.150 e. The summed E-state index contributed by atoms with van der Waals surface area (Å²) in [6.07, 6.45) is 2.33. The summed E-state index contributed by atoms with van der Waals surface area (Å²) in [5.41, 5.74) is 0. The third-order valence-electron chi connectivity index (χ3n) is 0.871. The summed E-state index contributed by atoms with van der Waals surface area (Å²) in [6.45, 7) is 3.63. The van der Waals surface area contributed by atoms with Crippen LogP contribution in [0.25, 0.3) is 0 Å². The fourth-order valence-electron chi connectivity index (χ4n) is 0.498. The highest BCUT2D eigenvalue weighted by atomic mass is 15.3. The third kappa shape index (κ3) is 0.857. The largest absolute Gasteiger partial charge is 0.256 e. The smallest absolute Gasteiger partial charge is 0.150 e. The number of nitrogens with zero attached hydrogens (tertiary/aromatic N) is 3. The lowest BCUT2D eigenvalue weighted by molar-refractivity contribution is 0.750. The van der Waals surface area contributed by atoms with Gasteiger partial charge in [0.2, 0.25) is 0 Å². The van der Waals surface area contributed by atoms with Crippen molar-refractivity contribution in [2.45, 2.75) is 6.42 Å². The zero-order valence-corrected chi connectivity index (χ0v) is 4.83. The second-order valence-corrected chi connectivity index (χ2v) is 1.58. The lowest BCUT2D eigenvalue weighted by Gasteiger charge is -1.80. The zero-order chi connectivity index (χ0) is 5.98. The molecule has 0 aliphatic rings. The monoisotopic (exact) mass is 110 g/mol. The Kier molecular flexibility index (Phi) is 1.28. The van der Waals surface area contributed by atoms with Gasteiger partial charge in [0.1, 0.15) is 6.33 Å². The molecule has 0 saturated carbocycles. The fraction of sp³-hybridized carbons (Fsp3) is 0.400. The van der Waals surface area contributed by atoms with Crippen LogP contribution in [-0.2, 0) is 13.5 Å².